The minimum atomic E-state index is -4.48. The second-order valence-corrected chi connectivity index (χ2v) is 8.39. The van der Waals surface area contributed by atoms with E-state index in [1.165, 1.54) is 19.2 Å². The molecule has 0 saturated carbocycles. The predicted octanol–water partition coefficient (Wildman–Crippen LogP) is 2.79. The second-order valence-electron chi connectivity index (χ2n) is 6.74. The predicted molar refractivity (Wildman–Crippen MR) is 122 cm³/mol. The van der Waals surface area contributed by atoms with E-state index >= 15 is 0 Å². The number of nitrogens with zero attached hydrogens (tertiary/aromatic N) is 1. The summed E-state index contributed by atoms with van der Waals surface area (Å²) in [4.78, 5) is 23.2. The van der Waals surface area contributed by atoms with Crippen LogP contribution in [0, 0.1) is 10.1 Å². The molecule has 0 spiro atoms. The van der Waals surface area contributed by atoms with Crippen LogP contribution in [0.25, 0.3) is 11.1 Å². The third-order valence-electron chi connectivity index (χ3n) is 4.68. The van der Waals surface area contributed by atoms with Crippen LogP contribution in [-0.4, -0.2) is 44.6 Å². The number of benzene rings is 3. The van der Waals surface area contributed by atoms with E-state index in [0.717, 1.165) is 12.1 Å². The van der Waals surface area contributed by atoms with Gasteiger partial charge in [0.2, 0.25) is 0 Å². The SMILES string of the molecule is COc1ccccc1-c1c(S(=O)(=O)NC(=O)c2ccccc2)ccc([N+](=O)[O-])c1NCCO. The van der Waals surface area contributed by atoms with Crippen molar-refractivity contribution in [3.8, 4) is 16.9 Å². The molecule has 10 nitrogen and oxygen atoms in total. The molecule has 0 saturated heterocycles. The Labute approximate surface area is 190 Å². The van der Waals surface area contributed by atoms with Gasteiger partial charge in [-0.15, -0.1) is 0 Å². The van der Waals surface area contributed by atoms with Gasteiger partial charge in [0, 0.05) is 29.3 Å². The molecular formula is C22H21N3O7S. The van der Waals surface area contributed by atoms with Crippen LogP contribution in [0.2, 0.25) is 0 Å². The number of carbonyl (C=O) groups excluding carboxylic acids is 1. The van der Waals surface area contributed by atoms with Gasteiger partial charge in [-0.2, -0.15) is 0 Å². The standard InChI is InChI=1S/C22H21N3O7S/c1-32-18-10-6-5-9-16(18)20-19(12-11-17(25(28)29)21(20)23-13-14-26)33(30,31)24-22(27)15-7-3-2-4-8-15/h2-12,23,26H,13-14H2,1H3,(H,24,27). The van der Waals surface area contributed by atoms with E-state index in [0.29, 0.717) is 0 Å². The van der Waals surface area contributed by atoms with Gasteiger partial charge in [-0.05, 0) is 24.3 Å². The second kappa shape index (κ2) is 10.1. The molecule has 0 radical (unpaired) electrons. The van der Waals surface area contributed by atoms with Crippen molar-refractivity contribution in [1.82, 2.24) is 4.72 Å². The fourth-order valence-corrected chi connectivity index (χ4v) is 4.45. The first-order valence-electron chi connectivity index (χ1n) is 9.72. The average molecular weight is 471 g/mol. The summed E-state index contributed by atoms with van der Waals surface area (Å²) >= 11 is 0. The fraction of sp³-hybridized carbons (Fsp3) is 0.136. The van der Waals surface area contributed by atoms with Crippen molar-refractivity contribution in [3.63, 3.8) is 0 Å². The van der Waals surface area contributed by atoms with Crippen LogP contribution < -0.4 is 14.8 Å². The number of anilines is 1. The molecule has 0 aromatic heterocycles. The van der Waals surface area contributed by atoms with Crippen molar-refractivity contribution in [1.29, 1.82) is 0 Å². The molecule has 3 aromatic carbocycles. The van der Waals surface area contributed by atoms with Gasteiger partial charge in [0.15, 0.2) is 0 Å². The number of hydrogen-bond acceptors (Lipinski definition) is 8. The van der Waals surface area contributed by atoms with Crippen molar-refractivity contribution >= 4 is 27.3 Å². The molecule has 33 heavy (non-hydrogen) atoms. The molecule has 0 fully saturated rings. The topological polar surface area (TPSA) is 148 Å². The summed E-state index contributed by atoms with van der Waals surface area (Å²) in [6.45, 7) is -0.437. The Kier molecular flexibility index (Phi) is 7.26. The summed E-state index contributed by atoms with van der Waals surface area (Å²) in [7, 11) is -3.10. The monoisotopic (exact) mass is 471 g/mol. The van der Waals surface area contributed by atoms with Crippen LogP contribution in [0.5, 0.6) is 5.75 Å². The van der Waals surface area contributed by atoms with E-state index in [-0.39, 0.29) is 46.2 Å². The summed E-state index contributed by atoms with van der Waals surface area (Å²) < 4.78 is 34.0. The molecule has 1 amide bonds. The van der Waals surface area contributed by atoms with Crippen molar-refractivity contribution in [2.75, 3.05) is 25.6 Å². The van der Waals surface area contributed by atoms with E-state index in [4.69, 9.17) is 4.74 Å². The van der Waals surface area contributed by atoms with Gasteiger partial charge in [0.1, 0.15) is 11.4 Å². The van der Waals surface area contributed by atoms with Gasteiger partial charge < -0.3 is 15.2 Å². The highest BCUT2D eigenvalue weighted by Crippen LogP contribution is 2.43. The number of methoxy groups -OCH3 is 1. The maximum absolute atomic E-state index is 13.3. The van der Waals surface area contributed by atoms with Gasteiger partial charge in [0.25, 0.3) is 21.6 Å². The first-order chi connectivity index (χ1) is 15.8. The van der Waals surface area contributed by atoms with Gasteiger partial charge in [-0.1, -0.05) is 36.4 Å². The Morgan fingerprint density at radius 3 is 2.36 bits per heavy atom. The van der Waals surface area contributed by atoms with E-state index in [1.807, 2.05) is 4.72 Å². The molecule has 0 heterocycles. The number of hydrogen-bond donors (Lipinski definition) is 3. The molecule has 3 aromatic rings. The summed E-state index contributed by atoms with van der Waals surface area (Å²) in [5, 5.41) is 23.7. The fourth-order valence-electron chi connectivity index (χ4n) is 3.25. The number of nitro benzene ring substituents is 1. The number of amides is 1. The molecule has 0 aliphatic carbocycles. The maximum Gasteiger partial charge on any atom is 0.293 e. The number of ether oxygens (including phenoxy) is 1. The van der Waals surface area contributed by atoms with Gasteiger partial charge in [-0.3, -0.25) is 14.9 Å². The normalized spacial score (nSPS) is 11.0. The first kappa shape index (κ1) is 23.7. The minimum absolute atomic E-state index is 0.0662. The lowest BCUT2D eigenvalue weighted by atomic mass is 10.0. The largest absolute Gasteiger partial charge is 0.496 e. The summed E-state index contributed by atoms with van der Waals surface area (Å²) in [5.41, 5.74) is -0.230. The summed E-state index contributed by atoms with van der Waals surface area (Å²) in [6, 6.07) is 16.2. The van der Waals surface area contributed by atoms with Crippen molar-refractivity contribution < 1.29 is 28.0 Å². The minimum Gasteiger partial charge on any atom is -0.496 e. The highest BCUT2D eigenvalue weighted by molar-refractivity contribution is 7.90. The molecule has 0 atom stereocenters. The highest BCUT2D eigenvalue weighted by atomic mass is 32.2. The zero-order valence-electron chi connectivity index (χ0n) is 17.5. The van der Waals surface area contributed by atoms with Crippen molar-refractivity contribution in [2.45, 2.75) is 4.90 Å². The van der Waals surface area contributed by atoms with E-state index in [1.54, 1.807) is 42.5 Å². The Hall–Kier alpha value is -3.96. The Balaban J connectivity index is 2.26. The molecule has 0 unspecified atom stereocenters. The molecule has 3 N–H and O–H groups in total. The zero-order valence-corrected chi connectivity index (χ0v) is 18.3. The lowest BCUT2D eigenvalue weighted by Gasteiger charge is -2.19. The Bertz CT molecular complexity index is 1280. The third-order valence-corrected chi connectivity index (χ3v) is 6.06. The molecule has 3 rings (SSSR count). The third kappa shape index (κ3) is 5.10. The Morgan fingerprint density at radius 1 is 1.06 bits per heavy atom. The van der Waals surface area contributed by atoms with Crippen LogP contribution in [0.1, 0.15) is 10.4 Å². The summed E-state index contributed by atoms with van der Waals surface area (Å²) in [6.07, 6.45) is 0. The molecule has 0 aliphatic rings. The molecule has 172 valence electrons. The number of rotatable bonds is 9. The van der Waals surface area contributed by atoms with E-state index in [2.05, 4.69) is 5.32 Å². The number of sulfonamides is 1. The van der Waals surface area contributed by atoms with E-state index < -0.39 is 26.5 Å². The molecular weight excluding hydrogens is 450 g/mol. The number of nitrogens with one attached hydrogen (secondary N) is 2. The lowest BCUT2D eigenvalue weighted by Crippen LogP contribution is -2.31. The number of nitro groups is 1. The molecule has 0 bridgehead atoms. The number of aliphatic hydroxyl groups excluding tert-OH is 1. The number of carbonyl (C=O) groups is 1. The quantitative estimate of drug-likeness (QED) is 0.319. The van der Waals surface area contributed by atoms with Crippen molar-refractivity contribution in [3.05, 3.63) is 82.4 Å². The zero-order chi connectivity index (χ0) is 24.0. The van der Waals surface area contributed by atoms with Gasteiger partial charge in [0.05, 0.1) is 23.5 Å². The number of aliphatic hydroxyl groups is 1. The maximum atomic E-state index is 13.3. The van der Waals surface area contributed by atoms with Crippen LogP contribution in [0.15, 0.2) is 71.6 Å². The molecule has 11 heteroatoms. The van der Waals surface area contributed by atoms with Crippen LogP contribution in [0.4, 0.5) is 11.4 Å². The van der Waals surface area contributed by atoms with Gasteiger partial charge >= 0.3 is 0 Å². The summed E-state index contributed by atoms with van der Waals surface area (Å²) in [5.74, 6) is -0.597. The molecule has 0 aliphatic heterocycles. The Morgan fingerprint density at radius 2 is 1.73 bits per heavy atom. The lowest BCUT2D eigenvalue weighted by molar-refractivity contribution is -0.383. The average Bonchev–Trinajstić information content (AvgIpc) is 2.82. The smallest absolute Gasteiger partial charge is 0.293 e. The van der Waals surface area contributed by atoms with Crippen molar-refractivity contribution in [2.24, 2.45) is 0 Å². The van der Waals surface area contributed by atoms with Crippen LogP contribution in [0.3, 0.4) is 0 Å². The number of para-hydroxylation sites is 1. The van der Waals surface area contributed by atoms with E-state index in [9.17, 15) is 28.4 Å². The van der Waals surface area contributed by atoms with Crippen LogP contribution in [-0.2, 0) is 10.0 Å². The first-order valence-corrected chi connectivity index (χ1v) is 11.2. The highest BCUT2D eigenvalue weighted by Gasteiger charge is 2.30. The van der Waals surface area contributed by atoms with Crippen LogP contribution >= 0.6 is 0 Å². The van der Waals surface area contributed by atoms with Gasteiger partial charge in [-0.25, -0.2) is 13.1 Å².